The number of hydrogen-bond donors (Lipinski definition) is 0. The molecule has 0 aliphatic heterocycles. The number of halogens is 1. The molecule has 4 nitrogen and oxygen atoms in total. The number of carboxylic acid groups (broad SMARTS) is 1. The van der Waals surface area contributed by atoms with Gasteiger partial charge in [0.1, 0.15) is 0 Å². The van der Waals surface area contributed by atoms with Gasteiger partial charge < -0.3 is 35.8 Å². The summed E-state index contributed by atoms with van der Waals surface area (Å²) in [6.07, 6.45) is 0. The quantitative estimate of drug-likeness (QED) is 0.388. The first-order valence-electron chi connectivity index (χ1n) is 9.70. The molecule has 5 heteroatoms. The van der Waals surface area contributed by atoms with E-state index in [1.54, 1.807) is 0 Å². The second-order valence-electron chi connectivity index (χ2n) is 6.28. The summed E-state index contributed by atoms with van der Waals surface area (Å²) in [5.74, 6) is -1.19. The Bertz CT molecular complexity index is 259. The third-order valence-corrected chi connectivity index (χ3v) is 5.72. The Hall–Kier alpha value is -0.390. The summed E-state index contributed by atoms with van der Waals surface area (Å²) in [6.45, 7) is 32.9. The fourth-order valence-corrected chi connectivity index (χ4v) is 2.68. The zero-order valence-corrected chi connectivity index (χ0v) is 20.0. The highest BCUT2D eigenvalue weighted by molar-refractivity contribution is 5.82. The van der Waals surface area contributed by atoms with Crippen molar-refractivity contribution >= 4 is 5.97 Å². The van der Waals surface area contributed by atoms with Crippen LogP contribution in [0.25, 0.3) is 0 Å². The lowest BCUT2D eigenvalue weighted by atomic mass is 10.3. The minimum Gasteiger partial charge on any atom is -1.00 e. The molecule has 0 aliphatic rings. The molecule has 0 fully saturated rings. The lowest BCUT2D eigenvalue weighted by Crippen LogP contribution is -3.00. The van der Waals surface area contributed by atoms with Crippen molar-refractivity contribution in [2.45, 2.75) is 62.3 Å². The summed E-state index contributed by atoms with van der Waals surface area (Å²) in [5.41, 5.74) is 0.0648. The molecule has 0 aromatic rings. The maximum Gasteiger partial charge on any atom is 0.0757 e. The Balaban J connectivity index is -0.000000133. The molecular formula is C20H45BrN2O2. The molecule has 0 rings (SSSR count). The van der Waals surface area contributed by atoms with Gasteiger partial charge in [-0.2, -0.15) is 0 Å². The maximum absolute atomic E-state index is 9.49. The Morgan fingerprint density at radius 2 is 0.800 bits per heavy atom. The van der Waals surface area contributed by atoms with E-state index in [1.807, 2.05) is 0 Å². The Morgan fingerprint density at radius 3 is 0.800 bits per heavy atom. The van der Waals surface area contributed by atoms with E-state index in [0.717, 1.165) is 0 Å². The monoisotopic (exact) mass is 424 g/mol. The van der Waals surface area contributed by atoms with Crippen LogP contribution in [0.2, 0.25) is 0 Å². The summed E-state index contributed by atoms with van der Waals surface area (Å²) in [6, 6.07) is 0. The van der Waals surface area contributed by atoms with Crippen LogP contribution in [0.1, 0.15) is 62.3 Å². The van der Waals surface area contributed by atoms with Crippen molar-refractivity contribution in [3.63, 3.8) is 0 Å². The number of hydrogen-bond acceptors (Lipinski definition) is 2. The summed E-state index contributed by atoms with van der Waals surface area (Å²) < 4.78 is 2.56. The number of quaternary nitrogens is 2. The summed E-state index contributed by atoms with van der Waals surface area (Å²) >= 11 is 0. The molecule has 25 heavy (non-hydrogen) atoms. The van der Waals surface area contributed by atoms with Crippen molar-refractivity contribution < 1.29 is 35.8 Å². The van der Waals surface area contributed by atoms with Crippen molar-refractivity contribution in [3.8, 4) is 0 Å². The third-order valence-electron chi connectivity index (χ3n) is 5.72. The molecule has 0 saturated carbocycles. The third kappa shape index (κ3) is 14.5. The van der Waals surface area contributed by atoms with E-state index in [2.05, 4.69) is 62.0 Å². The molecule has 0 spiro atoms. The van der Waals surface area contributed by atoms with Crippen LogP contribution >= 0.6 is 0 Å². The normalized spacial score (nSPS) is 10.4. The number of carboxylic acids is 1. The fourth-order valence-electron chi connectivity index (χ4n) is 2.68. The molecule has 0 saturated heterocycles. The van der Waals surface area contributed by atoms with Gasteiger partial charge in [0.05, 0.1) is 58.3 Å². The lowest BCUT2D eigenvalue weighted by molar-refractivity contribution is -0.921. The summed E-state index contributed by atoms with van der Waals surface area (Å²) in [4.78, 5) is 9.49. The predicted octanol–water partition coefficient (Wildman–Crippen LogP) is 0.0820. The van der Waals surface area contributed by atoms with Gasteiger partial charge in [-0.1, -0.05) is 6.58 Å². The maximum atomic E-state index is 9.49. The molecule has 0 aromatic heterocycles. The standard InChI is InChI=1S/2C8H20N.C4H6O2.BrH/c2*1-5-9(6-2,7-3)8-4;1-3(2)4(5)6;/h2*5-8H2,1-4H3;1H2,2H3,(H,5,6);1H/q2*+1;;/p-2. The van der Waals surface area contributed by atoms with Crippen LogP contribution in [0.5, 0.6) is 0 Å². The van der Waals surface area contributed by atoms with Crippen LogP contribution in [-0.2, 0) is 4.79 Å². The van der Waals surface area contributed by atoms with E-state index in [0.29, 0.717) is 0 Å². The first kappa shape index (κ1) is 32.3. The average Bonchev–Trinajstić information content (AvgIpc) is 2.61. The second-order valence-corrected chi connectivity index (χ2v) is 6.28. The highest BCUT2D eigenvalue weighted by Crippen LogP contribution is 2.03. The van der Waals surface area contributed by atoms with Gasteiger partial charge in [0.15, 0.2) is 0 Å². The minimum absolute atomic E-state index is 0. The highest BCUT2D eigenvalue weighted by atomic mass is 79.9. The van der Waals surface area contributed by atoms with Gasteiger partial charge >= 0.3 is 0 Å². The molecule has 0 aliphatic carbocycles. The van der Waals surface area contributed by atoms with Crippen molar-refractivity contribution in [1.29, 1.82) is 0 Å². The zero-order valence-electron chi connectivity index (χ0n) is 18.5. The van der Waals surface area contributed by atoms with E-state index in [4.69, 9.17) is 0 Å². The SMILES string of the molecule is C=C(C)C(=O)[O-].CC[N+](CC)(CC)CC.CC[N+](CC)(CC)CC.[Br-]. The van der Waals surface area contributed by atoms with Crippen LogP contribution in [0, 0.1) is 0 Å². The largest absolute Gasteiger partial charge is 1.00 e. The van der Waals surface area contributed by atoms with Crippen molar-refractivity contribution in [2.75, 3.05) is 52.4 Å². The van der Waals surface area contributed by atoms with Crippen LogP contribution in [-0.4, -0.2) is 67.3 Å². The summed E-state index contributed by atoms with van der Waals surface area (Å²) in [5, 5.41) is 9.49. The average molecular weight is 425 g/mol. The Kier molecular flexibility index (Phi) is 23.8. The number of nitrogens with zero attached hydrogens (tertiary/aromatic N) is 2. The molecule has 0 amide bonds. The van der Waals surface area contributed by atoms with Gasteiger partial charge in [0.25, 0.3) is 0 Å². The van der Waals surface area contributed by atoms with Crippen LogP contribution in [0.3, 0.4) is 0 Å². The number of aliphatic carboxylic acids is 1. The van der Waals surface area contributed by atoms with E-state index in [-0.39, 0.29) is 22.6 Å². The number of rotatable bonds is 9. The van der Waals surface area contributed by atoms with E-state index < -0.39 is 5.97 Å². The van der Waals surface area contributed by atoms with Gasteiger partial charge in [0.2, 0.25) is 0 Å². The smallest absolute Gasteiger partial charge is 0.0757 e. The summed E-state index contributed by atoms with van der Waals surface area (Å²) in [7, 11) is 0. The minimum atomic E-state index is -1.19. The van der Waals surface area contributed by atoms with Crippen molar-refractivity contribution in [2.24, 2.45) is 0 Å². The topological polar surface area (TPSA) is 40.1 Å². The Morgan fingerprint density at radius 1 is 0.680 bits per heavy atom. The first-order chi connectivity index (χ1) is 11.1. The molecule has 0 radical (unpaired) electrons. The molecule has 0 unspecified atom stereocenters. The van der Waals surface area contributed by atoms with Gasteiger partial charge in [-0.3, -0.25) is 0 Å². The lowest BCUT2D eigenvalue weighted by Gasteiger charge is -2.34. The van der Waals surface area contributed by atoms with Gasteiger partial charge in [-0.25, -0.2) is 0 Å². The van der Waals surface area contributed by atoms with Gasteiger partial charge in [-0.05, 0) is 67.9 Å². The zero-order chi connectivity index (χ0) is 19.8. The molecule has 0 aromatic carbocycles. The number of carbonyl (C=O) groups is 1. The van der Waals surface area contributed by atoms with Crippen molar-refractivity contribution in [3.05, 3.63) is 12.2 Å². The van der Waals surface area contributed by atoms with Gasteiger partial charge in [-0.15, -0.1) is 0 Å². The molecular weight excluding hydrogens is 380 g/mol. The Labute approximate surface area is 168 Å². The highest BCUT2D eigenvalue weighted by Gasteiger charge is 2.16. The van der Waals surface area contributed by atoms with Crippen molar-refractivity contribution in [1.82, 2.24) is 0 Å². The molecule has 0 bridgehead atoms. The van der Waals surface area contributed by atoms with Crippen LogP contribution < -0.4 is 22.1 Å². The molecule has 0 atom stereocenters. The van der Waals surface area contributed by atoms with E-state index >= 15 is 0 Å². The fraction of sp³-hybridized carbons (Fsp3) is 0.850. The van der Waals surface area contributed by atoms with E-state index in [1.165, 1.54) is 68.2 Å². The molecule has 0 N–H and O–H groups in total. The van der Waals surface area contributed by atoms with Crippen LogP contribution in [0.15, 0.2) is 12.2 Å². The van der Waals surface area contributed by atoms with E-state index in [9.17, 15) is 9.90 Å². The van der Waals surface area contributed by atoms with Crippen LogP contribution in [0.4, 0.5) is 0 Å². The molecule has 154 valence electrons. The second kappa shape index (κ2) is 18.4. The van der Waals surface area contributed by atoms with Gasteiger partial charge in [0, 0.05) is 0 Å². The first-order valence-corrected chi connectivity index (χ1v) is 9.70. The predicted molar refractivity (Wildman–Crippen MR) is 105 cm³/mol. The molecule has 0 heterocycles. The number of carbonyl (C=O) groups excluding carboxylic acids is 1.